The summed E-state index contributed by atoms with van der Waals surface area (Å²) in [5.41, 5.74) is 1.76. The van der Waals surface area contributed by atoms with Crippen LogP contribution < -0.4 is 16.6 Å². The summed E-state index contributed by atoms with van der Waals surface area (Å²) in [6.07, 6.45) is 0. The van der Waals surface area contributed by atoms with Crippen LogP contribution in [0.1, 0.15) is 31.8 Å². The Morgan fingerprint density at radius 3 is 2.13 bits per heavy atom. The van der Waals surface area contributed by atoms with Gasteiger partial charge in [0.15, 0.2) is 5.78 Å². The number of ketones is 1. The Hall–Kier alpha value is -4.75. The van der Waals surface area contributed by atoms with Crippen molar-refractivity contribution < 1.29 is 9.59 Å². The smallest absolute Gasteiger partial charge is 0.332 e. The fourth-order valence-electron chi connectivity index (χ4n) is 4.39. The molecule has 39 heavy (non-hydrogen) atoms. The quantitative estimate of drug-likeness (QED) is 0.291. The number of amides is 1. The summed E-state index contributed by atoms with van der Waals surface area (Å²) in [5.74, 6) is -0.508. The van der Waals surface area contributed by atoms with E-state index in [1.54, 1.807) is 78.9 Å². The number of nitrogens with one attached hydrogen (secondary N) is 1. The Labute approximate surface area is 228 Å². The maximum absolute atomic E-state index is 13.5. The molecule has 0 radical (unpaired) electrons. The van der Waals surface area contributed by atoms with E-state index in [-0.39, 0.29) is 31.3 Å². The summed E-state index contributed by atoms with van der Waals surface area (Å²) in [6, 6.07) is 29.4. The van der Waals surface area contributed by atoms with Crippen molar-refractivity contribution in [2.24, 2.45) is 0 Å². The second-order valence-electron chi connectivity index (χ2n) is 9.04. The average molecular weight is 538 g/mol. The normalized spacial score (nSPS) is 10.9. The predicted molar refractivity (Wildman–Crippen MR) is 151 cm³/mol. The molecule has 0 fully saturated rings. The summed E-state index contributed by atoms with van der Waals surface area (Å²) < 4.78 is 2.45. The molecule has 0 aliphatic carbocycles. The maximum Gasteiger partial charge on any atom is 0.332 e. The molecule has 0 saturated heterocycles. The van der Waals surface area contributed by atoms with Crippen LogP contribution in [0.2, 0.25) is 5.02 Å². The fourth-order valence-corrected chi connectivity index (χ4v) is 4.59. The third-order valence-electron chi connectivity index (χ3n) is 6.48. The molecule has 194 valence electrons. The number of halogens is 1. The lowest BCUT2D eigenvalue weighted by Gasteiger charge is -2.14. The van der Waals surface area contributed by atoms with Gasteiger partial charge in [-0.25, -0.2) is 4.79 Å². The van der Waals surface area contributed by atoms with Gasteiger partial charge in [0.05, 0.1) is 24.0 Å². The van der Waals surface area contributed by atoms with Crippen molar-refractivity contribution in [1.29, 1.82) is 0 Å². The zero-order valence-corrected chi connectivity index (χ0v) is 21.6. The molecule has 4 aromatic carbocycles. The Kier molecular flexibility index (Phi) is 7.52. The topological polar surface area (TPSA) is 90.2 Å². The number of aromatic nitrogens is 2. The van der Waals surface area contributed by atoms with E-state index in [0.717, 1.165) is 10.1 Å². The van der Waals surface area contributed by atoms with E-state index in [2.05, 4.69) is 5.32 Å². The van der Waals surface area contributed by atoms with E-state index >= 15 is 0 Å². The van der Waals surface area contributed by atoms with E-state index < -0.39 is 11.2 Å². The molecule has 0 spiro atoms. The van der Waals surface area contributed by atoms with Crippen LogP contribution >= 0.6 is 11.6 Å². The highest BCUT2D eigenvalue weighted by atomic mass is 35.5. The molecule has 1 amide bonds. The van der Waals surface area contributed by atoms with Crippen molar-refractivity contribution >= 4 is 34.2 Å². The van der Waals surface area contributed by atoms with Crippen LogP contribution in [0, 0.1) is 0 Å². The van der Waals surface area contributed by atoms with Crippen molar-refractivity contribution in [2.45, 2.75) is 19.6 Å². The van der Waals surface area contributed by atoms with Crippen molar-refractivity contribution in [3.05, 3.63) is 151 Å². The first-order valence-corrected chi connectivity index (χ1v) is 12.7. The van der Waals surface area contributed by atoms with Crippen LogP contribution in [0.4, 0.5) is 0 Å². The minimum absolute atomic E-state index is 0.0104. The van der Waals surface area contributed by atoms with Crippen LogP contribution in [0.25, 0.3) is 10.9 Å². The Bertz CT molecular complexity index is 1790. The molecule has 0 aliphatic heterocycles. The monoisotopic (exact) mass is 537 g/mol. The number of Topliss-reactive ketones (excluding diaryl/α,β-unsaturated/α-hetero) is 1. The van der Waals surface area contributed by atoms with Gasteiger partial charge in [-0.3, -0.25) is 23.5 Å². The van der Waals surface area contributed by atoms with E-state index in [0.29, 0.717) is 32.6 Å². The third-order valence-corrected chi connectivity index (χ3v) is 6.85. The van der Waals surface area contributed by atoms with Crippen LogP contribution in [0.3, 0.4) is 0 Å². The molecule has 0 saturated carbocycles. The second-order valence-corrected chi connectivity index (χ2v) is 9.44. The maximum atomic E-state index is 13.5. The summed E-state index contributed by atoms with van der Waals surface area (Å²) in [5, 5.41) is 3.75. The standard InChI is InChI=1S/C31H24ClN3O4/c32-26-12-6-4-10-24(26)18-33-29(37)23-16-14-21(15-17-23)19-35-30(38)25-11-5-7-13-27(25)34(31(35)39)20-28(36)22-8-2-1-3-9-22/h1-17H,18-20H2,(H,33,37). The Balaban J connectivity index is 1.40. The number of hydrogen-bond donors (Lipinski definition) is 1. The highest BCUT2D eigenvalue weighted by Gasteiger charge is 2.17. The summed E-state index contributed by atoms with van der Waals surface area (Å²) in [7, 11) is 0. The van der Waals surface area contributed by atoms with Gasteiger partial charge in [-0.1, -0.05) is 84.4 Å². The first-order chi connectivity index (χ1) is 18.9. The molecular weight excluding hydrogens is 514 g/mol. The molecule has 5 rings (SSSR count). The van der Waals surface area contributed by atoms with Crippen LogP contribution in [0.15, 0.2) is 113 Å². The van der Waals surface area contributed by atoms with Crippen LogP contribution in [-0.4, -0.2) is 20.8 Å². The van der Waals surface area contributed by atoms with Gasteiger partial charge in [0.1, 0.15) is 0 Å². The number of carbonyl (C=O) groups is 2. The van der Waals surface area contributed by atoms with E-state index in [9.17, 15) is 19.2 Å². The fraction of sp³-hybridized carbons (Fsp3) is 0.0968. The van der Waals surface area contributed by atoms with Crippen LogP contribution in [0.5, 0.6) is 0 Å². The first kappa shape index (κ1) is 25.9. The highest BCUT2D eigenvalue weighted by Crippen LogP contribution is 2.15. The molecule has 5 aromatic rings. The molecule has 1 aromatic heterocycles. The SMILES string of the molecule is O=C(Cn1c(=O)n(Cc2ccc(C(=O)NCc3ccccc3Cl)cc2)c(=O)c2ccccc21)c1ccccc1. The van der Waals surface area contributed by atoms with Gasteiger partial charge in [-0.15, -0.1) is 0 Å². The molecule has 0 atom stereocenters. The molecule has 0 bridgehead atoms. The van der Waals surface area contributed by atoms with Gasteiger partial charge in [-0.2, -0.15) is 0 Å². The van der Waals surface area contributed by atoms with Crippen LogP contribution in [-0.2, 0) is 19.6 Å². The van der Waals surface area contributed by atoms with E-state index in [1.807, 2.05) is 24.3 Å². The Morgan fingerprint density at radius 1 is 0.718 bits per heavy atom. The lowest BCUT2D eigenvalue weighted by molar-refractivity contribution is 0.0948. The van der Waals surface area contributed by atoms with Crippen molar-refractivity contribution in [2.75, 3.05) is 0 Å². The molecule has 0 aliphatic rings. The third kappa shape index (κ3) is 5.58. The number of hydrogen-bond acceptors (Lipinski definition) is 4. The summed E-state index contributed by atoms with van der Waals surface area (Å²) >= 11 is 6.16. The van der Waals surface area contributed by atoms with Gasteiger partial charge in [0.2, 0.25) is 0 Å². The Morgan fingerprint density at radius 2 is 1.38 bits per heavy atom. The van der Waals surface area contributed by atoms with Crippen molar-refractivity contribution in [3.63, 3.8) is 0 Å². The lowest BCUT2D eigenvalue weighted by atomic mass is 10.1. The number of benzene rings is 4. The number of nitrogens with zero attached hydrogens (tertiary/aromatic N) is 2. The molecule has 8 heteroatoms. The zero-order valence-electron chi connectivity index (χ0n) is 20.8. The lowest BCUT2D eigenvalue weighted by Crippen LogP contribution is -2.41. The molecular formula is C31H24ClN3O4. The largest absolute Gasteiger partial charge is 0.348 e. The second kappa shape index (κ2) is 11.3. The summed E-state index contributed by atoms with van der Waals surface area (Å²) in [6.45, 7) is 0.0751. The average Bonchev–Trinajstić information content (AvgIpc) is 2.97. The van der Waals surface area contributed by atoms with Gasteiger partial charge in [0.25, 0.3) is 11.5 Å². The molecule has 7 nitrogen and oxygen atoms in total. The van der Waals surface area contributed by atoms with E-state index in [1.165, 1.54) is 4.57 Å². The van der Waals surface area contributed by atoms with E-state index in [4.69, 9.17) is 11.6 Å². The van der Waals surface area contributed by atoms with Gasteiger partial charge >= 0.3 is 5.69 Å². The van der Waals surface area contributed by atoms with Gasteiger partial charge in [-0.05, 0) is 41.5 Å². The zero-order chi connectivity index (χ0) is 27.4. The highest BCUT2D eigenvalue weighted by molar-refractivity contribution is 6.31. The van der Waals surface area contributed by atoms with Crippen molar-refractivity contribution in [1.82, 2.24) is 14.5 Å². The number of para-hydroxylation sites is 1. The van der Waals surface area contributed by atoms with Gasteiger partial charge < -0.3 is 5.32 Å². The molecule has 1 N–H and O–H groups in total. The number of carbonyl (C=O) groups excluding carboxylic acids is 2. The number of rotatable bonds is 8. The molecule has 1 heterocycles. The van der Waals surface area contributed by atoms with Crippen molar-refractivity contribution in [3.8, 4) is 0 Å². The van der Waals surface area contributed by atoms with Gasteiger partial charge in [0, 0.05) is 22.7 Å². The summed E-state index contributed by atoms with van der Waals surface area (Å²) in [4.78, 5) is 52.3. The minimum atomic E-state index is -0.579. The molecule has 0 unspecified atom stereocenters. The number of fused-ring (bicyclic) bond motifs is 1. The first-order valence-electron chi connectivity index (χ1n) is 12.3. The minimum Gasteiger partial charge on any atom is -0.348 e. The predicted octanol–water partition coefficient (Wildman–Crippen LogP) is 4.68.